The molecule has 1 unspecified atom stereocenters. The zero-order chi connectivity index (χ0) is 15.6. The molecule has 0 aromatic heterocycles. The second-order valence-corrected chi connectivity index (χ2v) is 5.75. The molecular weight excluding hydrogens is 274 g/mol. The summed E-state index contributed by atoms with van der Waals surface area (Å²) >= 11 is 0. The Morgan fingerprint density at radius 1 is 1.33 bits per heavy atom. The monoisotopic (exact) mass is 297 g/mol. The van der Waals surface area contributed by atoms with E-state index in [1.54, 1.807) is 18.7 Å². The Kier molecular flexibility index (Phi) is 4.39. The number of rotatable bonds is 4. The molecule has 2 aliphatic heterocycles. The van der Waals surface area contributed by atoms with Crippen LogP contribution < -0.4 is 5.32 Å². The first-order valence-corrected chi connectivity index (χ1v) is 7.53. The fourth-order valence-corrected chi connectivity index (χ4v) is 3.12. The van der Waals surface area contributed by atoms with Crippen molar-refractivity contribution in [3.8, 4) is 0 Å². The number of aliphatic carboxylic acids is 1. The van der Waals surface area contributed by atoms with Crippen LogP contribution >= 0.6 is 0 Å². The van der Waals surface area contributed by atoms with Gasteiger partial charge in [0.1, 0.15) is 5.54 Å². The van der Waals surface area contributed by atoms with Crippen LogP contribution in [0.25, 0.3) is 0 Å². The van der Waals surface area contributed by atoms with Gasteiger partial charge in [-0.1, -0.05) is 13.8 Å². The highest BCUT2D eigenvalue weighted by Gasteiger charge is 2.41. The van der Waals surface area contributed by atoms with Gasteiger partial charge in [-0.2, -0.15) is 0 Å². The predicted octanol–water partition coefficient (Wildman–Crippen LogP) is 0.646. The maximum atomic E-state index is 12.4. The number of piperazine rings is 1. The summed E-state index contributed by atoms with van der Waals surface area (Å²) in [5.74, 6) is -0.849. The Morgan fingerprint density at radius 2 is 2.00 bits per heavy atom. The summed E-state index contributed by atoms with van der Waals surface area (Å²) in [4.78, 5) is 38.9. The lowest BCUT2D eigenvalue weighted by Crippen LogP contribution is -2.61. The summed E-state index contributed by atoms with van der Waals surface area (Å²) in [6.07, 6.45) is 2.00. The Bertz CT molecular complexity index is 448. The second-order valence-electron chi connectivity index (χ2n) is 5.75. The molecule has 0 saturated carbocycles. The summed E-state index contributed by atoms with van der Waals surface area (Å²) in [5, 5.41) is 12.0. The lowest BCUT2D eigenvalue weighted by Gasteiger charge is -2.39. The van der Waals surface area contributed by atoms with Crippen LogP contribution in [-0.2, 0) is 9.59 Å². The van der Waals surface area contributed by atoms with Gasteiger partial charge in [0.15, 0.2) is 0 Å². The summed E-state index contributed by atoms with van der Waals surface area (Å²) in [5.41, 5.74) is -1.21. The Balaban J connectivity index is 2.01. The van der Waals surface area contributed by atoms with Crippen LogP contribution in [0, 0.1) is 0 Å². The van der Waals surface area contributed by atoms with Crippen LogP contribution in [0.2, 0.25) is 0 Å². The minimum absolute atomic E-state index is 0.0829. The highest BCUT2D eigenvalue weighted by atomic mass is 16.4. The van der Waals surface area contributed by atoms with Crippen molar-refractivity contribution in [3.63, 3.8) is 0 Å². The average molecular weight is 297 g/mol. The van der Waals surface area contributed by atoms with Gasteiger partial charge in [-0.3, -0.25) is 4.79 Å². The van der Waals surface area contributed by atoms with E-state index >= 15 is 0 Å². The molecule has 118 valence electrons. The summed E-state index contributed by atoms with van der Waals surface area (Å²) in [6, 6.07) is -0.264. The first-order valence-electron chi connectivity index (χ1n) is 7.53. The number of hydrogen-bond donors (Lipinski definition) is 2. The van der Waals surface area contributed by atoms with Gasteiger partial charge >= 0.3 is 12.0 Å². The fourth-order valence-electron chi connectivity index (χ4n) is 3.12. The normalized spacial score (nSPS) is 22.2. The number of carboxylic acids is 1. The van der Waals surface area contributed by atoms with Crippen molar-refractivity contribution >= 4 is 17.9 Å². The highest BCUT2D eigenvalue weighted by Crippen LogP contribution is 2.23. The van der Waals surface area contributed by atoms with Crippen molar-refractivity contribution < 1.29 is 19.5 Å². The van der Waals surface area contributed by atoms with Crippen molar-refractivity contribution in [2.75, 3.05) is 19.6 Å². The SMILES string of the molecule is CCC(CC)(NC(=O)N1CCN2C(=O)CCC2C1)C(=O)O. The molecule has 0 aliphatic carbocycles. The third-order valence-corrected chi connectivity index (χ3v) is 4.74. The van der Waals surface area contributed by atoms with Gasteiger partial charge in [0.25, 0.3) is 0 Å². The number of nitrogens with one attached hydrogen (secondary N) is 1. The summed E-state index contributed by atoms with van der Waals surface area (Å²) in [6.45, 7) is 4.99. The number of carbonyl (C=O) groups is 3. The maximum absolute atomic E-state index is 12.4. The number of hydrogen-bond acceptors (Lipinski definition) is 3. The van der Waals surface area contributed by atoms with E-state index in [1.807, 2.05) is 4.90 Å². The number of carboxylic acid groups (broad SMARTS) is 1. The molecule has 2 heterocycles. The largest absolute Gasteiger partial charge is 0.480 e. The van der Waals surface area contributed by atoms with Gasteiger partial charge in [-0.15, -0.1) is 0 Å². The molecule has 2 fully saturated rings. The molecule has 0 radical (unpaired) electrons. The van der Waals surface area contributed by atoms with Gasteiger partial charge < -0.3 is 20.2 Å². The van der Waals surface area contributed by atoms with Crippen LogP contribution in [-0.4, -0.2) is 64.0 Å². The molecule has 7 nitrogen and oxygen atoms in total. The second kappa shape index (κ2) is 5.91. The van der Waals surface area contributed by atoms with Crippen LogP contribution in [0.15, 0.2) is 0 Å². The van der Waals surface area contributed by atoms with E-state index in [0.29, 0.717) is 38.9 Å². The first-order chi connectivity index (χ1) is 9.93. The van der Waals surface area contributed by atoms with Crippen LogP contribution in [0.1, 0.15) is 39.5 Å². The molecule has 1 atom stereocenters. The van der Waals surface area contributed by atoms with Crippen molar-refractivity contribution in [3.05, 3.63) is 0 Å². The van der Waals surface area contributed by atoms with E-state index in [1.165, 1.54) is 0 Å². The molecule has 3 amide bonds. The third kappa shape index (κ3) is 2.82. The standard InChI is InChI=1S/C14H23N3O4/c1-3-14(4-2,12(19)20)15-13(21)16-7-8-17-10(9-16)5-6-11(17)18/h10H,3-9H2,1-2H3,(H,15,21)(H,19,20). The molecule has 0 spiro atoms. The van der Waals surface area contributed by atoms with E-state index in [-0.39, 0.29) is 18.0 Å². The average Bonchev–Trinajstić information content (AvgIpc) is 2.85. The summed E-state index contributed by atoms with van der Waals surface area (Å²) < 4.78 is 0. The topological polar surface area (TPSA) is 90.0 Å². The molecule has 2 saturated heterocycles. The third-order valence-electron chi connectivity index (χ3n) is 4.74. The fraction of sp³-hybridized carbons (Fsp3) is 0.786. The van der Waals surface area contributed by atoms with Gasteiger partial charge in [0.2, 0.25) is 5.91 Å². The number of fused-ring (bicyclic) bond motifs is 1. The molecule has 0 aromatic carbocycles. The van der Waals surface area contributed by atoms with Crippen molar-refractivity contribution in [2.45, 2.75) is 51.1 Å². The van der Waals surface area contributed by atoms with Crippen LogP contribution in [0.5, 0.6) is 0 Å². The number of nitrogens with zero attached hydrogens (tertiary/aromatic N) is 2. The Hall–Kier alpha value is -1.79. The minimum Gasteiger partial charge on any atom is -0.480 e. The first kappa shape index (κ1) is 15.6. The smallest absolute Gasteiger partial charge is 0.329 e. The van der Waals surface area contributed by atoms with E-state index in [2.05, 4.69) is 5.32 Å². The van der Waals surface area contributed by atoms with Gasteiger partial charge in [0, 0.05) is 32.1 Å². The molecule has 0 bridgehead atoms. The quantitative estimate of drug-likeness (QED) is 0.797. The summed E-state index contributed by atoms with van der Waals surface area (Å²) in [7, 11) is 0. The Labute approximate surface area is 124 Å². The van der Waals surface area contributed by atoms with Gasteiger partial charge in [-0.05, 0) is 19.3 Å². The highest BCUT2D eigenvalue weighted by molar-refractivity contribution is 5.86. The molecule has 2 rings (SSSR count). The van der Waals surface area contributed by atoms with Crippen molar-refractivity contribution in [1.29, 1.82) is 0 Å². The molecule has 0 aromatic rings. The van der Waals surface area contributed by atoms with Crippen LogP contribution in [0.3, 0.4) is 0 Å². The van der Waals surface area contributed by atoms with Crippen molar-refractivity contribution in [1.82, 2.24) is 15.1 Å². The Morgan fingerprint density at radius 3 is 2.57 bits per heavy atom. The maximum Gasteiger partial charge on any atom is 0.329 e. The lowest BCUT2D eigenvalue weighted by atomic mass is 9.93. The van der Waals surface area contributed by atoms with E-state index in [4.69, 9.17) is 0 Å². The molecule has 2 aliphatic rings. The minimum atomic E-state index is -1.21. The van der Waals surface area contributed by atoms with E-state index < -0.39 is 11.5 Å². The zero-order valence-corrected chi connectivity index (χ0v) is 12.6. The van der Waals surface area contributed by atoms with Gasteiger partial charge in [0.05, 0.1) is 0 Å². The molecule has 21 heavy (non-hydrogen) atoms. The molecular formula is C14H23N3O4. The van der Waals surface area contributed by atoms with E-state index in [9.17, 15) is 19.5 Å². The molecule has 7 heteroatoms. The number of urea groups is 1. The lowest BCUT2D eigenvalue weighted by molar-refractivity contribution is -0.144. The van der Waals surface area contributed by atoms with Crippen LogP contribution in [0.4, 0.5) is 4.79 Å². The number of amides is 3. The van der Waals surface area contributed by atoms with E-state index in [0.717, 1.165) is 6.42 Å². The zero-order valence-electron chi connectivity index (χ0n) is 12.6. The number of carbonyl (C=O) groups excluding carboxylic acids is 2. The van der Waals surface area contributed by atoms with Gasteiger partial charge in [-0.25, -0.2) is 9.59 Å². The van der Waals surface area contributed by atoms with Crippen molar-refractivity contribution in [2.24, 2.45) is 0 Å². The molecule has 2 N–H and O–H groups in total. The predicted molar refractivity (Wildman–Crippen MR) is 75.8 cm³/mol.